The molecule has 3 aromatic rings. The van der Waals surface area contributed by atoms with Crippen LogP contribution in [0.5, 0.6) is 0 Å². The van der Waals surface area contributed by atoms with Gasteiger partial charge in [-0.05, 0) is 18.1 Å². The Morgan fingerprint density at radius 2 is 1.69 bits per heavy atom. The van der Waals surface area contributed by atoms with Crippen molar-refractivity contribution in [3.8, 4) is 0 Å². The maximum atomic E-state index is 12.5. The highest BCUT2D eigenvalue weighted by Gasteiger charge is 2.18. The first-order chi connectivity index (χ1) is 12.5. The zero-order valence-electron chi connectivity index (χ0n) is 14.1. The molecule has 0 saturated heterocycles. The van der Waals surface area contributed by atoms with Crippen LogP contribution in [0.15, 0.2) is 48.5 Å². The number of primary amides is 2. The molecule has 6 heteroatoms. The third-order valence-electron chi connectivity index (χ3n) is 4.28. The highest BCUT2D eigenvalue weighted by atomic mass is 16.1. The van der Waals surface area contributed by atoms with Gasteiger partial charge in [-0.1, -0.05) is 42.5 Å². The number of carbonyl (C=O) groups excluding carboxylic acids is 3. The number of benzene rings is 2. The Bertz CT molecular complexity index is 990. The highest BCUT2D eigenvalue weighted by molar-refractivity contribution is 6.09. The summed E-state index contributed by atoms with van der Waals surface area (Å²) in [5.74, 6) is -1.21. The number of nitrogens with one attached hydrogen (secondary N) is 1. The molecular formula is C20H19N3O3. The van der Waals surface area contributed by atoms with E-state index in [0.29, 0.717) is 35.0 Å². The molecule has 0 aliphatic carbocycles. The number of aromatic nitrogens is 1. The summed E-state index contributed by atoms with van der Waals surface area (Å²) < 4.78 is 0. The third kappa shape index (κ3) is 3.64. The van der Waals surface area contributed by atoms with Crippen molar-refractivity contribution in [2.45, 2.75) is 19.3 Å². The van der Waals surface area contributed by atoms with Crippen LogP contribution in [0.2, 0.25) is 0 Å². The molecular weight excluding hydrogens is 330 g/mol. The van der Waals surface area contributed by atoms with E-state index >= 15 is 0 Å². The van der Waals surface area contributed by atoms with Crippen LogP contribution < -0.4 is 11.5 Å². The predicted molar refractivity (Wildman–Crippen MR) is 98.8 cm³/mol. The molecule has 0 aliphatic rings. The van der Waals surface area contributed by atoms with Crippen molar-refractivity contribution in [2.24, 2.45) is 11.5 Å². The Morgan fingerprint density at radius 1 is 0.962 bits per heavy atom. The zero-order valence-corrected chi connectivity index (χ0v) is 14.1. The van der Waals surface area contributed by atoms with E-state index in [2.05, 4.69) is 4.98 Å². The van der Waals surface area contributed by atoms with Crippen molar-refractivity contribution in [3.05, 3.63) is 70.9 Å². The van der Waals surface area contributed by atoms with Gasteiger partial charge in [-0.3, -0.25) is 14.4 Å². The molecule has 6 nitrogen and oxygen atoms in total. The van der Waals surface area contributed by atoms with Crippen LogP contribution in [0.1, 0.15) is 38.4 Å². The quantitative estimate of drug-likeness (QED) is 0.567. The van der Waals surface area contributed by atoms with Gasteiger partial charge in [0, 0.05) is 28.6 Å². The Balaban J connectivity index is 1.87. The van der Waals surface area contributed by atoms with E-state index < -0.39 is 11.8 Å². The van der Waals surface area contributed by atoms with Crippen LogP contribution in [0.3, 0.4) is 0 Å². The molecule has 0 fully saturated rings. The van der Waals surface area contributed by atoms with Crippen molar-refractivity contribution in [3.63, 3.8) is 0 Å². The van der Waals surface area contributed by atoms with Crippen molar-refractivity contribution < 1.29 is 14.4 Å². The van der Waals surface area contributed by atoms with Crippen molar-refractivity contribution in [1.82, 2.24) is 4.98 Å². The molecule has 0 spiro atoms. The Labute approximate surface area is 150 Å². The largest absolute Gasteiger partial charge is 0.369 e. The summed E-state index contributed by atoms with van der Waals surface area (Å²) in [4.78, 5) is 38.4. The number of fused-ring (bicyclic) bond motifs is 1. The molecule has 0 unspecified atom stereocenters. The van der Waals surface area contributed by atoms with Crippen molar-refractivity contribution in [1.29, 1.82) is 0 Å². The standard InChI is InChI=1S/C20H19N3O3/c21-18(25)11-16-19(20(22)26)14-8-7-13(10-15(14)23-16)17(24)9-6-12-4-2-1-3-5-12/h1-5,7-8,10,23H,6,9,11H2,(H2,21,25)(H2,22,26). The summed E-state index contributed by atoms with van der Waals surface area (Å²) in [6.45, 7) is 0. The average Bonchev–Trinajstić information content (AvgIpc) is 2.96. The van der Waals surface area contributed by atoms with E-state index in [1.807, 2.05) is 30.3 Å². The maximum absolute atomic E-state index is 12.5. The summed E-state index contributed by atoms with van der Waals surface area (Å²) in [7, 11) is 0. The second-order valence-electron chi connectivity index (χ2n) is 6.16. The number of rotatable bonds is 7. The number of hydrogen-bond acceptors (Lipinski definition) is 3. The number of ketones is 1. The monoisotopic (exact) mass is 349 g/mol. The van der Waals surface area contributed by atoms with E-state index in [-0.39, 0.29) is 17.8 Å². The molecule has 1 heterocycles. The summed E-state index contributed by atoms with van der Waals surface area (Å²) in [5.41, 5.74) is 13.5. The number of aromatic amines is 1. The van der Waals surface area contributed by atoms with Crippen LogP contribution in [0.4, 0.5) is 0 Å². The molecule has 0 atom stereocenters. The summed E-state index contributed by atoms with van der Waals surface area (Å²) in [6, 6.07) is 14.8. The van der Waals surface area contributed by atoms with Gasteiger partial charge in [0.25, 0.3) is 5.91 Å². The Kier molecular flexibility index (Phi) is 4.84. The topological polar surface area (TPSA) is 119 Å². The molecule has 0 aliphatic heterocycles. The maximum Gasteiger partial charge on any atom is 0.251 e. The molecule has 26 heavy (non-hydrogen) atoms. The summed E-state index contributed by atoms with van der Waals surface area (Å²) in [5, 5.41) is 0.577. The number of hydrogen-bond donors (Lipinski definition) is 3. The van der Waals surface area contributed by atoms with Gasteiger partial charge in [0.2, 0.25) is 5.91 Å². The molecule has 3 rings (SSSR count). The summed E-state index contributed by atoms with van der Waals surface area (Å²) >= 11 is 0. The number of carbonyl (C=O) groups is 3. The lowest BCUT2D eigenvalue weighted by Gasteiger charge is -2.03. The number of H-pyrrole nitrogens is 1. The smallest absolute Gasteiger partial charge is 0.251 e. The lowest BCUT2D eigenvalue weighted by atomic mass is 10.0. The van der Waals surface area contributed by atoms with Gasteiger partial charge in [0.05, 0.1) is 12.0 Å². The molecule has 1 aromatic heterocycles. The average molecular weight is 349 g/mol. The second kappa shape index (κ2) is 7.23. The van der Waals surface area contributed by atoms with E-state index in [0.717, 1.165) is 5.56 Å². The molecule has 2 aromatic carbocycles. The number of aryl methyl sites for hydroxylation is 1. The van der Waals surface area contributed by atoms with Gasteiger partial charge < -0.3 is 16.5 Å². The molecule has 5 N–H and O–H groups in total. The Morgan fingerprint density at radius 3 is 2.35 bits per heavy atom. The SMILES string of the molecule is NC(=O)Cc1[nH]c2cc(C(=O)CCc3ccccc3)ccc2c1C(N)=O. The van der Waals surface area contributed by atoms with Crippen LogP contribution in [0, 0.1) is 0 Å². The highest BCUT2D eigenvalue weighted by Crippen LogP contribution is 2.24. The van der Waals surface area contributed by atoms with Crippen molar-refractivity contribution >= 4 is 28.5 Å². The van der Waals surface area contributed by atoms with Gasteiger partial charge >= 0.3 is 0 Å². The van der Waals surface area contributed by atoms with Crippen LogP contribution in [0.25, 0.3) is 10.9 Å². The number of amides is 2. The van der Waals surface area contributed by atoms with Gasteiger partial charge in [-0.25, -0.2) is 0 Å². The fourth-order valence-electron chi connectivity index (χ4n) is 3.06. The van der Waals surface area contributed by atoms with Gasteiger partial charge in [-0.2, -0.15) is 0 Å². The minimum atomic E-state index is -0.643. The van der Waals surface area contributed by atoms with Crippen LogP contribution in [-0.2, 0) is 17.6 Å². The number of Topliss-reactive ketones (excluding diaryl/α,β-unsaturated/α-hetero) is 1. The van der Waals surface area contributed by atoms with E-state index in [1.54, 1.807) is 18.2 Å². The van der Waals surface area contributed by atoms with E-state index in [1.165, 1.54) is 0 Å². The molecule has 0 bridgehead atoms. The first-order valence-corrected chi connectivity index (χ1v) is 8.25. The Hall–Kier alpha value is -3.41. The van der Waals surface area contributed by atoms with E-state index in [9.17, 15) is 14.4 Å². The second-order valence-corrected chi connectivity index (χ2v) is 6.16. The molecule has 132 valence electrons. The summed E-state index contributed by atoms with van der Waals surface area (Å²) in [6.07, 6.45) is 0.916. The van der Waals surface area contributed by atoms with Gasteiger partial charge in [0.1, 0.15) is 0 Å². The fraction of sp³-hybridized carbons (Fsp3) is 0.150. The van der Waals surface area contributed by atoms with Crippen LogP contribution in [-0.4, -0.2) is 22.6 Å². The van der Waals surface area contributed by atoms with Crippen molar-refractivity contribution in [2.75, 3.05) is 0 Å². The minimum absolute atomic E-state index is 0.00225. The molecule has 0 saturated carbocycles. The lowest BCUT2D eigenvalue weighted by Crippen LogP contribution is -2.18. The predicted octanol–water partition coefficient (Wildman–Crippen LogP) is 2.11. The van der Waals surface area contributed by atoms with Crippen LogP contribution >= 0.6 is 0 Å². The van der Waals surface area contributed by atoms with Gasteiger partial charge in [-0.15, -0.1) is 0 Å². The fourth-order valence-corrected chi connectivity index (χ4v) is 3.06. The lowest BCUT2D eigenvalue weighted by molar-refractivity contribution is -0.117. The number of nitrogens with two attached hydrogens (primary N) is 2. The normalized spacial score (nSPS) is 10.8. The van der Waals surface area contributed by atoms with E-state index in [4.69, 9.17) is 11.5 Å². The zero-order chi connectivity index (χ0) is 18.7. The van der Waals surface area contributed by atoms with Gasteiger partial charge in [0.15, 0.2) is 5.78 Å². The molecule has 0 radical (unpaired) electrons. The first-order valence-electron chi connectivity index (χ1n) is 8.25. The minimum Gasteiger partial charge on any atom is -0.369 e. The molecule has 2 amide bonds. The third-order valence-corrected chi connectivity index (χ3v) is 4.28. The first kappa shape index (κ1) is 17.4.